The third-order valence-electron chi connectivity index (χ3n) is 2.72. The predicted molar refractivity (Wildman–Crippen MR) is 63.8 cm³/mol. The zero-order valence-electron chi connectivity index (χ0n) is 9.89. The van der Waals surface area contributed by atoms with Crippen molar-refractivity contribution in [1.82, 2.24) is 0 Å². The van der Waals surface area contributed by atoms with Crippen molar-refractivity contribution in [3.05, 3.63) is 29.8 Å². The highest BCUT2D eigenvalue weighted by Crippen LogP contribution is 2.24. The number of benzene rings is 1. The second kappa shape index (κ2) is 5.19. The van der Waals surface area contributed by atoms with Crippen LogP contribution in [0.15, 0.2) is 24.3 Å². The van der Waals surface area contributed by atoms with Crippen molar-refractivity contribution < 1.29 is 14.3 Å². The summed E-state index contributed by atoms with van der Waals surface area (Å²) in [6.45, 7) is 0. The molecule has 1 fully saturated rings. The van der Waals surface area contributed by atoms with Crippen LogP contribution in [0.4, 0.5) is 0 Å². The Morgan fingerprint density at radius 1 is 1.41 bits per heavy atom. The molecule has 0 radical (unpaired) electrons. The summed E-state index contributed by atoms with van der Waals surface area (Å²) in [7, 11) is 1.62. The van der Waals surface area contributed by atoms with Crippen LogP contribution in [0.3, 0.4) is 0 Å². The molecular formula is C13H17NO3. The van der Waals surface area contributed by atoms with Gasteiger partial charge in [-0.2, -0.15) is 0 Å². The number of ether oxygens (including phenoxy) is 2. The van der Waals surface area contributed by atoms with Gasteiger partial charge in [-0.3, -0.25) is 4.79 Å². The molecule has 0 unspecified atom stereocenters. The molecule has 0 aromatic heterocycles. The maximum atomic E-state index is 11.5. The molecule has 0 spiro atoms. The van der Waals surface area contributed by atoms with E-state index < -0.39 is 6.04 Å². The number of methoxy groups -OCH3 is 1. The van der Waals surface area contributed by atoms with E-state index in [0.29, 0.717) is 6.42 Å². The summed E-state index contributed by atoms with van der Waals surface area (Å²) in [5, 5.41) is 0. The Labute approximate surface area is 101 Å². The topological polar surface area (TPSA) is 61.5 Å². The molecule has 1 atom stereocenters. The van der Waals surface area contributed by atoms with Crippen LogP contribution < -0.4 is 10.5 Å². The average molecular weight is 235 g/mol. The number of hydrogen-bond acceptors (Lipinski definition) is 4. The minimum absolute atomic E-state index is 0.115. The molecule has 0 aliphatic heterocycles. The lowest BCUT2D eigenvalue weighted by atomic mass is 10.1. The largest absolute Gasteiger partial charge is 0.497 e. The molecule has 1 aromatic rings. The Balaban J connectivity index is 1.87. The van der Waals surface area contributed by atoms with Crippen molar-refractivity contribution in [3.63, 3.8) is 0 Å². The van der Waals surface area contributed by atoms with Crippen LogP contribution in [0.2, 0.25) is 0 Å². The third-order valence-corrected chi connectivity index (χ3v) is 2.72. The van der Waals surface area contributed by atoms with Crippen LogP contribution in [-0.2, 0) is 16.0 Å². The first-order valence-electron chi connectivity index (χ1n) is 5.78. The summed E-state index contributed by atoms with van der Waals surface area (Å²) in [6, 6.07) is 6.94. The fourth-order valence-corrected chi connectivity index (χ4v) is 1.54. The Morgan fingerprint density at radius 3 is 2.59 bits per heavy atom. The van der Waals surface area contributed by atoms with E-state index in [0.717, 1.165) is 24.2 Å². The zero-order valence-corrected chi connectivity index (χ0v) is 9.89. The van der Waals surface area contributed by atoms with Gasteiger partial charge in [0.2, 0.25) is 0 Å². The number of nitrogens with two attached hydrogens (primary N) is 1. The average Bonchev–Trinajstić information content (AvgIpc) is 3.14. The van der Waals surface area contributed by atoms with Crippen LogP contribution in [-0.4, -0.2) is 25.2 Å². The van der Waals surface area contributed by atoms with Crippen molar-refractivity contribution in [1.29, 1.82) is 0 Å². The van der Waals surface area contributed by atoms with Gasteiger partial charge in [-0.05, 0) is 37.0 Å². The molecule has 4 nitrogen and oxygen atoms in total. The molecule has 1 aliphatic rings. The van der Waals surface area contributed by atoms with Gasteiger partial charge in [0.15, 0.2) is 0 Å². The van der Waals surface area contributed by atoms with Crippen LogP contribution >= 0.6 is 0 Å². The minimum Gasteiger partial charge on any atom is -0.497 e. The molecular weight excluding hydrogens is 218 g/mol. The van der Waals surface area contributed by atoms with Crippen molar-refractivity contribution >= 4 is 5.97 Å². The van der Waals surface area contributed by atoms with Gasteiger partial charge in [0.25, 0.3) is 0 Å². The van der Waals surface area contributed by atoms with E-state index in [1.54, 1.807) is 7.11 Å². The molecule has 0 amide bonds. The summed E-state index contributed by atoms with van der Waals surface area (Å²) >= 11 is 0. The number of esters is 1. The van der Waals surface area contributed by atoms with Gasteiger partial charge >= 0.3 is 5.97 Å². The Morgan fingerprint density at radius 2 is 2.06 bits per heavy atom. The minimum atomic E-state index is -0.580. The molecule has 0 saturated heterocycles. The monoisotopic (exact) mass is 235 g/mol. The lowest BCUT2D eigenvalue weighted by Gasteiger charge is -2.11. The maximum absolute atomic E-state index is 11.5. The summed E-state index contributed by atoms with van der Waals surface area (Å²) < 4.78 is 10.2. The summed E-state index contributed by atoms with van der Waals surface area (Å²) in [4.78, 5) is 11.5. The lowest BCUT2D eigenvalue weighted by molar-refractivity contribution is -0.146. The summed E-state index contributed by atoms with van der Waals surface area (Å²) in [6.07, 6.45) is 2.56. The molecule has 4 heteroatoms. The highest BCUT2D eigenvalue weighted by Gasteiger charge is 2.28. The number of rotatable bonds is 5. The fraction of sp³-hybridized carbons (Fsp3) is 0.462. The van der Waals surface area contributed by atoms with Crippen LogP contribution in [0.1, 0.15) is 18.4 Å². The molecule has 92 valence electrons. The van der Waals surface area contributed by atoms with Gasteiger partial charge in [0.05, 0.1) is 7.11 Å². The second-order valence-electron chi connectivity index (χ2n) is 4.29. The molecule has 1 aromatic carbocycles. The number of carbonyl (C=O) groups excluding carboxylic acids is 1. The normalized spacial score (nSPS) is 16.4. The SMILES string of the molecule is COc1ccc(C[C@H](N)C(=O)OC2CC2)cc1. The van der Waals surface area contributed by atoms with Crippen molar-refractivity contribution in [2.45, 2.75) is 31.4 Å². The smallest absolute Gasteiger partial charge is 0.323 e. The molecule has 1 saturated carbocycles. The molecule has 0 heterocycles. The Hall–Kier alpha value is -1.55. The zero-order chi connectivity index (χ0) is 12.3. The molecule has 2 N–H and O–H groups in total. The van der Waals surface area contributed by atoms with Gasteiger partial charge in [0, 0.05) is 0 Å². The quantitative estimate of drug-likeness (QED) is 0.781. The molecule has 0 bridgehead atoms. The van der Waals surface area contributed by atoms with Gasteiger partial charge in [0.1, 0.15) is 17.9 Å². The second-order valence-corrected chi connectivity index (χ2v) is 4.29. The molecule has 17 heavy (non-hydrogen) atoms. The summed E-state index contributed by atoms with van der Waals surface area (Å²) in [5.41, 5.74) is 6.80. The first-order valence-corrected chi connectivity index (χ1v) is 5.78. The van der Waals surface area contributed by atoms with Crippen LogP contribution in [0.5, 0.6) is 5.75 Å². The van der Waals surface area contributed by atoms with Gasteiger partial charge in [-0.25, -0.2) is 0 Å². The van der Waals surface area contributed by atoms with E-state index in [9.17, 15) is 4.79 Å². The van der Waals surface area contributed by atoms with Gasteiger partial charge < -0.3 is 15.2 Å². The highest BCUT2D eigenvalue weighted by atomic mass is 16.5. The van der Waals surface area contributed by atoms with Crippen LogP contribution in [0.25, 0.3) is 0 Å². The number of hydrogen-bond donors (Lipinski definition) is 1. The predicted octanol–water partition coefficient (Wildman–Crippen LogP) is 1.27. The summed E-state index contributed by atoms with van der Waals surface area (Å²) in [5.74, 6) is 0.492. The fourth-order valence-electron chi connectivity index (χ4n) is 1.54. The van der Waals surface area contributed by atoms with Crippen molar-refractivity contribution in [2.24, 2.45) is 5.73 Å². The molecule has 1 aliphatic carbocycles. The van der Waals surface area contributed by atoms with E-state index >= 15 is 0 Å². The molecule has 2 rings (SSSR count). The van der Waals surface area contributed by atoms with E-state index in [1.807, 2.05) is 24.3 Å². The Kier molecular flexibility index (Phi) is 3.64. The van der Waals surface area contributed by atoms with Crippen molar-refractivity contribution in [2.75, 3.05) is 7.11 Å². The Bertz CT molecular complexity index is 384. The first kappa shape index (κ1) is 11.9. The lowest BCUT2D eigenvalue weighted by Crippen LogP contribution is -2.34. The van der Waals surface area contributed by atoms with Crippen molar-refractivity contribution in [3.8, 4) is 5.75 Å². The first-order chi connectivity index (χ1) is 8.19. The van der Waals surface area contributed by atoms with E-state index in [-0.39, 0.29) is 12.1 Å². The van der Waals surface area contributed by atoms with Gasteiger partial charge in [-0.1, -0.05) is 12.1 Å². The van der Waals surface area contributed by atoms with Gasteiger partial charge in [-0.15, -0.1) is 0 Å². The highest BCUT2D eigenvalue weighted by molar-refractivity contribution is 5.76. The number of carbonyl (C=O) groups is 1. The third kappa shape index (κ3) is 3.46. The van der Waals surface area contributed by atoms with Crippen LogP contribution in [0, 0.1) is 0 Å². The van der Waals surface area contributed by atoms with E-state index in [2.05, 4.69) is 0 Å². The standard InChI is InChI=1S/C13H17NO3/c1-16-10-4-2-9(3-5-10)8-12(14)13(15)17-11-6-7-11/h2-5,11-12H,6-8,14H2,1H3/t12-/m0/s1. The van der Waals surface area contributed by atoms with E-state index in [4.69, 9.17) is 15.2 Å². The maximum Gasteiger partial charge on any atom is 0.323 e. The van der Waals surface area contributed by atoms with E-state index in [1.165, 1.54) is 0 Å².